The van der Waals surface area contributed by atoms with Gasteiger partial charge in [-0.2, -0.15) is 18.4 Å². The van der Waals surface area contributed by atoms with Crippen LogP contribution in [0.3, 0.4) is 0 Å². The Morgan fingerprint density at radius 3 is 2.36 bits per heavy atom. The number of amides is 2. The second kappa shape index (κ2) is 12.6. The van der Waals surface area contributed by atoms with E-state index < -0.39 is 28.7 Å². The molecule has 2 aliphatic rings. The zero-order valence-electron chi connectivity index (χ0n) is 23.2. The Hall–Kier alpha value is -2.71. The van der Waals surface area contributed by atoms with Gasteiger partial charge >= 0.3 is 6.18 Å². The first-order valence-electron chi connectivity index (χ1n) is 13.6. The van der Waals surface area contributed by atoms with Gasteiger partial charge in [0.2, 0.25) is 5.91 Å². The van der Waals surface area contributed by atoms with Gasteiger partial charge in [-0.25, -0.2) is 0 Å². The maximum absolute atomic E-state index is 13.5. The molecule has 0 N–H and O–H groups in total. The molecule has 214 valence electrons. The van der Waals surface area contributed by atoms with E-state index in [1.54, 1.807) is 24.8 Å². The highest BCUT2D eigenvalue weighted by atomic mass is 32.1. The lowest BCUT2D eigenvalue weighted by atomic mass is 10.0. The topological polar surface area (TPSA) is 70.9 Å². The van der Waals surface area contributed by atoms with E-state index in [0.717, 1.165) is 81.9 Å². The van der Waals surface area contributed by atoms with Gasteiger partial charge < -0.3 is 14.7 Å². The summed E-state index contributed by atoms with van der Waals surface area (Å²) >= 11 is 5.56. The van der Waals surface area contributed by atoms with E-state index in [1.807, 2.05) is 18.7 Å². The standard InChI is InChI=1S/C28H38F3N5O2S/c1-20(2)24(37)34-14-9-13-33(16-17-34)12-7-5-6-8-15-35-26(39)36(25(38)27(35,3)4)22-11-10-21(19-32)23(18-22)28(29,30)31/h10-11,18,20H,5-9,12-17H2,1-4H3. The van der Waals surface area contributed by atoms with Crippen LogP contribution in [0.15, 0.2) is 18.2 Å². The number of benzene rings is 1. The molecule has 7 nitrogen and oxygen atoms in total. The quantitative estimate of drug-likeness (QED) is 0.309. The van der Waals surface area contributed by atoms with Crippen LogP contribution < -0.4 is 4.90 Å². The molecule has 2 heterocycles. The third kappa shape index (κ3) is 7.09. The maximum atomic E-state index is 13.5. The van der Waals surface area contributed by atoms with E-state index in [1.165, 1.54) is 6.07 Å². The van der Waals surface area contributed by atoms with Crippen molar-refractivity contribution in [1.29, 1.82) is 5.26 Å². The Morgan fingerprint density at radius 1 is 1.08 bits per heavy atom. The average molecular weight is 566 g/mol. The number of thiocarbonyl (C=S) groups is 1. The molecule has 1 aromatic rings. The minimum atomic E-state index is -4.72. The Balaban J connectivity index is 1.51. The van der Waals surface area contributed by atoms with Crippen molar-refractivity contribution in [2.45, 2.75) is 71.5 Å². The molecule has 2 aliphatic heterocycles. The zero-order chi connectivity index (χ0) is 29.0. The molecule has 2 amide bonds. The van der Waals surface area contributed by atoms with Crippen LogP contribution in [0.25, 0.3) is 0 Å². The van der Waals surface area contributed by atoms with Gasteiger partial charge in [0.1, 0.15) is 5.54 Å². The molecular formula is C28H38F3N5O2S. The fourth-order valence-corrected chi connectivity index (χ4v) is 5.69. The van der Waals surface area contributed by atoms with Gasteiger partial charge in [-0.05, 0) is 76.6 Å². The number of nitriles is 1. The summed E-state index contributed by atoms with van der Waals surface area (Å²) < 4.78 is 40.5. The number of nitrogens with zero attached hydrogens (tertiary/aromatic N) is 5. The van der Waals surface area contributed by atoms with Gasteiger partial charge in [-0.1, -0.05) is 26.7 Å². The second-order valence-corrected chi connectivity index (χ2v) is 11.4. The van der Waals surface area contributed by atoms with Gasteiger partial charge in [-0.15, -0.1) is 0 Å². The number of carbonyl (C=O) groups excluding carboxylic acids is 2. The van der Waals surface area contributed by atoms with E-state index in [9.17, 15) is 22.8 Å². The number of alkyl halides is 3. The van der Waals surface area contributed by atoms with Crippen LogP contribution in [0.2, 0.25) is 0 Å². The lowest BCUT2D eigenvalue weighted by molar-refractivity contribution is -0.138. The van der Waals surface area contributed by atoms with E-state index >= 15 is 0 Å². The van der Waals surface area contributed by atoms with Gasteiger partial charge in [0, 0.05) is 32.1 Å². The van der Waals surface area contributed by atoms with Crippen molar-refractivity contribution in [3.63, 3.8) is 0 Å². The summed E-state index contributed by atoms with van der Waals surface area (Å²) in [5.74, 6) is -0.151. The predicted molar refractivity (Wildman–Crippen MR) is 148 cm³/mol. The molecule has 1 aromatic carbocycles. The first-order valence-corrected chi connectivity index (χ1v) is 14.0. The minimum Gasteiger partial charge on any atom is -0.341 e. The molecule has 39 heavy (non-hydrogen) atoms. The van der Waals surface area contributed by atoms with E-state index in [2.05, 4.69) is 4.90 Å². The number of rotatable bonds is 9. The van der Waals surface area contributed by atoms with Gasteiger partial charge in [0.05, 0.1) is 22.9 Å². The van der Waals surface area contributed by atoms with Crippen LogP contribution in [0.1, 0.15) is 70.9 Å². The average Bonchev–Trinajstić information content (AvgIpc) is 3.03. The normalized spacial score (nSPS) is 18.6. The molecule has 0 spiro atoms. The summed E-state index contributed by atoms with van der Waals surface area (Å²) in [5, 5.41) is 9.25. The molecule has 2 fully saturated rings. The number of hydrogen-bond acceptors (Lipinski definition) is 5. The molecule has 11 heteroatoms. The van der Waals surface area contributed by atoms with E-state index in [4.69, 9.17) is 17.5 Å². The van der Waals surface area contributed by atoms with E-state index in [-0.39, 0.29) is 22.6 Å². The summed E-state index contributed by atoms with van der Waals surface area (Å²) in [4.78, 5) is 32.8. The van der Waals surface area contributed by atoms with Crippen molar-refractivity contribution in [2.24, 2.45) is 5.92 Å². The smallest absolute Gasteiger partial charge is 0.341 e. The lowest BCUT2D eigenvalue weighted by Gasteiger charge is -2.29. The summed E-state index contributed by atoms with van der Waals surface area (Å²) in [6.07, 6.45) is 0.0245. The first-order chi connectivity index (χ1) is 18.3. The van der Waals surface area contributed by atoms with Crippen molar-refractivity contribution >= 4 is 34.8 Å². The SMILES string of the molecule is CC(C)C(=O)N1CCCN(CCCCCCN2C(=S)N(c3ccc(C#N)c(C(F)(F)F)c3)C(=O)C2(C)C)CC1. The van der Waals surface area contributed by atoms with Crippen LogP contribution in [-0.2, 0) is 15.8 Å². The molecule has 0 radical (unpaired) electrons. The highest BCUT2D eigenvalue weighted by molar-refractivity contribution is 7.80. The third-order valence-corrected chi connectivity index (χ3v) is 7.91. The van der Waals surface area contributed by atoms with Crippen LogP contribution in [0, 0.1) is 17.2 Å². The monoisotopic (exact) mass is 565 g/mol. The molecule has 0 unspecified atom stereocenters. The van der Waals surface area contributed by atoms with Crippen molar-refractivity contribution in [3.8, 4) is 6.07 Å². The molecule has 2 saturated heterocycles. The van der Waals surface area contributed by atoms with Gasteiger partial charge in [-0.3, -0.25) is 14.5 Å². The van der Waals surface area contributed by atoms with Crippen LogP contribution in [-0.4, -0.2) is 76.4 Å². The lowest BCUT2D eigenvalue weighted by Crippen LogP contribution is -2.44. The Morgan fingerprint density at radius 2 is 1.74 bits per heavy atom. The highest BCUT2D eigenvalue weighted by Gasteiger charge is 2.49. The minimum absolute atomic E-state index is 0.0120. The van der Waals surface area contributed by atoms with Crippen LogP contribution in [0.5, 0.6) is 0 Å². The summed E-state index contributed by atoms with van der Waals surface area (Å²) in [5.41, 5.74) is -2.56. The van der Waals surface area contributed by atoms with Crippen molar-refractivity contribution in [1.82, 2.24) is 14.7 Å². The molecule has 0 aromatic heterocycles. The largest absolute Gasteiger partial charge is 0.417 e. The molecule has 0 aliphatic carbocycles. The maximum Gasteiger partial charge on any atom is 0.417 e. The fraction of sp³-hybridized carbons (Fsp3) is 0.643. The highest BCUT2D eigenvalue weighted by Crippen LogP contribution is 2.38. The van der Waals surface area contributed by atoms with Gasteiger partial charge in [0.25, 0.3) is 5.91 Å². The van der Waals surface area contributed by atoms with Crippen molar-refractivity contribution in [3.05, 3.63) is 29.3 Å². The number of unbranched alkanes of at least 4 members (excludes halogenated alkanes) is 3. The molecule has 0 bridgehead atoms. The Bertz CT molecular complexity index is 1120. The zero-order valence-corrected chi connectivity index (χ0v) is 24.0. The molecule has 0 atom stereocenters. The van der Waals surface area contributed by atoms with Crippen LogP contribution in [0.4, 0.5) is 18.9 Å². The third-order valence-electron chi connectivity index (χ3n) is 7.51. The first kappa shape index (κ1) is 30.8. The molecular weight excluding hydrogens is 527 g/mol. The fourth-order valence-electron chi connectivity index (χ4n) is 5.18. The predicted octanol–water partition coefficient (Wildman–Crippen LogP) is 5.04. The molecule has 0 saturated carbocycles. The number of hydrogen-bond donors (Lipinski definition) is 0. The summed E-state index contributed by atoms with van der Waals surface area (Å²) in [7, 11) is 0. The van der Waals surface area contributed by atoms with Crippen molar-refractivity contribution in [2.75, 3.05) is 44.2 Å². The number of anilines is 1. The summed E-state index contributed by atoms with van der Waals surface area (Å²) in [6.45, 7) is 12.3. The van der Waals surface area contributed by atoms with Gasteiger partial charge in [0.15, 0.2) is 5.11 Å². The second-order valence-electron chi connectivity index (χ2n) is 11.1. The van der Waals surface area contributed by atoms with Crippen molar-refractivity contribution < 1.29 is 22.8 Å². The summed E-state index contributed by atoms with van der Waals surface area (Å²) in [6, 6.07) is 4.79. The van der Waals surface area contributed by atoms with Crippen LogP contribution >= 0.6 is 12.2 Å². The molecule has 3 rings (SSSR count). The Labute approximate surface area is 234 Å². The Kier molecular flexibility index (Phi) is 9.99. The van der Waals surface area contributed by atoms with E-state index in [0.29, 0.717) is 6.54 Å². The number of carbonyl (C=O) groups is 2. The number of halogens is 3.